The molecule has 3 rings (SSSR count). The summed E-state index contributed by atoms with van der Waals surface area (Å²) in [6.07, 6.45) is 5.57. The summed E-state index contributed by atoms with van der Waals surface area (Å²) in [5.74, 6) is 2.30. The standard InChI is InChI=1S/C11H16N4OS/c16-9(7-8-3-1-2-4-8)12-10-13-14-11-15(10)5-6-17-11/h8H,1-7H2,(H,12,13,16). The van der Waals surface area contributed by atoms with Crippen LogP contribution in [0.15, 0.2) is 5.16 Å². The fourth-order valence-corrected chi connectivity index (χ4v) is 3.46. The maximum Gasteiger partial charge on any atom is 0.231 e. The summed E-state index contributed by atoms with van der Waals surface area (Å²) in [6.45, 7) is 0.895. The van der Waals surface area contributed by atoms with E-state index in [-0.39, 0.29) is 5.91 Å². The predicted octanol–water partition coefficient (Wildman–Crippen LogP) is 1.90. The van der Waals surface area contributed by atoms with Gasteiger partial charge in [0, 0.05) is 18.7 Å². The van der Waals surface area contributed by atoms with Gasteiger partial charge in [-0.1, -0.05) is 24.6 Å². The van der Waals surface area contributed by atoms with Gasteiger partial charge in [0.25, 0.3) is 0 Å². The maximum absolute atomic E-state index is 11.9. The summed E-state index contributed by atoms with van der Waals surface area (Å²) in [5.41, 5.74) is 0. The Bertz CT molecular complexity index is 425. The molecule has 1 aliphatic heterocycles. The summed E-state index contributed by atoms with van der Waals surface area (Å²) in [7, 11) is 0. The largest absolute Gasteiger partial charge is 0.295 e. The van der Waals surface area contributed by atoms with Gasteiger partial charge in [-0.2, -0.15) is 0 Å². The van der Waals surface area contributed by atoms with Gasteiger partial charge in [-0.25, -0.2) is 0 Å². The third-order valence-corrected chi connectivity index (χ3v) is 4.41. The lowest BCUT2D eigenvalue weighted by molar-refractivity contribution is -0.117. The molecule has 1 aromatic rings. The molecule has 1 aromatic heterocycles. The Balaban J connectivity index is 1.60. The van der Waals surface area contributed by atoms with Crippen LogP contribution >= 0.6 is 11.8 Å². The zero-order valence-corrected chi connectivity index (χ0v) is 10.5. The smallest absolute Gasteiger partial charge is 0.231 e. The van der Waals surface area contributed by atoms with E-state index < -0.39 is 0 Å². The number of nitrogens with zero attached hydrogens (tertiary/aromatic N) is 3. The summed E-state index contributed by atoms with van der Waals surface area (Å²) in [5, 5.41) is 11.9. The van der Waals surface area contributed by atoms with Gasteiger partial charge in [0.15, 0.2) is 5.16 Å². The van der Waals surface area contributed by atoms with E-state index in [9.17, 15) is 4.79 Å². The van der Waals surface area contributed by atoms with Gasteiger partial charge in [0.05, 0.1) is 0 Å². The third kappa shape index (κ3) is 2.31. The van der Waals surface area contributed by atoms with Crippen molar-refractivity contribution < 1.29 is 4.79 Å². The molecule has 6 heteroatoms. The molecule has 2 aliphatic rings. The Kier molecular flexibility index (Phi) is 3.05. The maximum atomic E-state index is 11.9. The molecule has 1 saturated carbocycles. The first-order valence-electron chi connectivity index (χ1n) is 6.19. The molecular formula is C11H16N4OS. The number of amides is 1. The predicted molar refractivity (Wildman–Crippen MR) is 66.0 cm³/mol. The molecule has 1 aliphatic carbocycles. The van der Waals surface area contributed by atoms with Gasteiger partial charge in [0.2, 0.25) is 11.9 Å². The Hall–Kier alpha value is -1.04. The Morgan fingerprint density at radius 2 is 2.24 bits per heavy atom. The van der Waals surface area contributed by atoms with Crippen LogP contribution < -0.4 is 5.32 Å². The highest BCUT2D eigenvalue weighted by Crippen LogP contribution is 2.29. The SMILES string of the molecule is O=C(CC1CCCC1)Nc1nnc2n1CCS2. The van der Waals surface area contributed by atoms with E-state index in [0.29, 0.717) is 18.3 Å². The quantitative estimate of drug-likeness (QED) is 0.892. The number of thioether (sulfide) groups is 1. The second kappa shape index (κ2) is 4.68. The van der Waals surface area contributed by atoms with Crippen LogP contribution in [-0.2, 0) is 11.3 Å². The van der Waals surface area contributed by atoms with E-state index in [2.05, 4.69) is 15.5 Å². The fourth-order valence-electron chi connectivity index (χ4n) is 2.57. The number of hydrogen-bond acceptors (Lipinski definition) is 4. The van der Waals surface area contributed by atoms with E-state index in [1.54, 1.807) is 11.8 Å². The number of anilines is 1. The van der Waals surface area contributed by atoms with Crippen LogP contribution in [0.5, 0.6) is 0 Å². The van der Waals surface area contributed by atoms with Gasteiger partial charge in [0.1, 0.15) is 0 Å². The molecule has 5 nitrogen and oxygen atoms in total. The zero-order chi connectivity index (χ0) is 11.7. The number of carbonyl (C=O) groups is 1. The molecule has 1 amide bonds. The van der Waals surface area contributed by atoms with Crippen molar-refractivity contribution in [3.8, 4) is 0 Å². The molecule has 92 valence electrons. The first kappa shape index (κ1) is 11.1. The van der Waals surface area contributed by atoms with Crippen molar-refractivity contribution in [3.63, 3.8) is 0 Å². The number of aromatic nitrogens is 3. The van der Waals surface area contributed by atoms with Crippen LogP contribution in [-0.4, -0.2) is 26.4 Å². The topological polar surface area (TPSA) is 59.8 Å². The van der Waals surface area contributed by atoms with Crippen molar-refractivity contribution in [1.82, 2.24) is 14.8 Å². The van der Waals surface area contributed by atoms with Gasteiger partial charge in [-0.15, -0.1) is 10.2 Å². The first-order chi connectivity index (χ1) is 8.33. The molecule has 0 radical (unpaired) electrons. The second-order valence-electron chi connectivity index (χ2n) is 4.71. The average molecular weight is 252 g/mol. The molecule has 1 N–H and O–H groups in total. The van der Waals surface area contributed by atoms with E-state index >= 15 is 0 Å². The van der Waals surface area contributed by atoms with Gasteiger partial charge < -0.3 is 0 Å². The molecule has 0 bridgehead atoms. The molecule has 1 fully saturated rings. The van der Waals surface area contributed by atoms with Crippen LogP contribution in [0.1, 0.15) is 32.1 Å². The number of nitrogens with one attached hydrogen (secondary N) is 1. The lowest BCUT2D eigenvalue weighted by atomic mass is 10.0. The molecule has 2 heterocycles. The second-order valence-corrected chi connectivity index (χ2v) is 5.77. The van der Waals surface area contributed by atoms with Crippen molar-refractivity contribution in [1.29, 1.82) is 0 Å². The van der Waals surface area contributed by atoms with Crippen molar-refractivity contribution in [3.05, 3.63) is 0 Å². The minimum atomic E-state index is 0.0870. The number of hydrogen-bond donors (Lipinski definition) is 1. The monoisotopic (exact) mass is 252 g/mol. The molecule has 0 unspecified atom stereocenters. The van der Waals surface area contributed by atoms with Gasteiger partial charge in [-0.05, 0) is 18.8 Å². The van der Waals surface area contributed by atoms with Crippen LogP contribution in [0, 0.1) is 5.92 Å². The van der Waals surface area contributed by atoms with E-state index in [1.165, 1.54) is 25.7 Å². The molecule has 0 spiro atoms. The summed E-state index contributed by atoms with van der Waals surface area (Å²) < 4.78 is 1.98. The molecule has 17 heavy (non-hydrogen) atoms. The normalized spacial score (nSPS) is 19.5. The van der Waals surface area contributed by atoms with Crippen LogP contribution in [0.25, 0.3) is 0 Å². The van der Waals surface area contributed by atoms with Crippen molar-refractivity contribution >= 4 is 23.6 Å². The fraction of sp³-hybridized carbons (Fsp3) is 0.727. The number of rotatable bonds is 3. The molecule has 0 atom stereocenters. The summed E-state index contributed by atoms with van der Waals surface area (Å²) >= 11 is 1.69. The highest BCUT2D eigenvalue weighted by atomic mass is 32.2. The molecular weight excluding hydrogens is 236 g/mol. The van der Waals surface area contributed by atoms with Crippen LogP contribution in [0.2, 0.25) is 0 Å². The van der Waals surface area contributed by atoms with E-state index in [4.69, 9.17) is 0 Å². The van der Waals surface area contributed by atoms with Crippen molar-refractivity contribution in [2.75, 3.05) is 11.1 Å². The van der Waals surface area contributed by atoms with Crippen LogP contribution in [0.4, 0.5) is 5.95 Å². The Morgan fingerprint density at radius 1 is 1.41 bits per heavy atom. The van der Waals surface area contributed by atoms with Gasteiger partial charge in [-0.3, -0.25) is 14.7 Å². The number of carbonyl (C=O) groups excluding carboxylic acids is 1. The van der Waals surface area contributed by atoms with Gasteiger partial charge >= 0.3 is 0 Å². The van der Waals surface area contributed by atoms with E-state index in [1.807, 2.05) is 4.57 Å². The Morgan fingerprint density at radius 3 is 3.06 bits per heavy atom. The van der Waals surface area contributed by atoms with Crippen LogP contribution in [0.3, 0.4) is 0 Å². The zero-order valence-electron chi connectivity index (χ0n) is 9.69. The Labute approximate surface area is 104 Å². The minimum absolute atomic E-state index is 0.0870. The highest BCUT2D eigenvalue weighted by molar-refractivity contribution is 7.99. The first-order valence-corrected chi connectivity index (χ1v) is 7.17. The summed E-state index contributed by atoms with van der Waals surface area (Å²) in [6, 6.07) is 0. The van der Waals surface area contributed by atoms with Crippen molar-refractivity contribution in [2.45, 2.75) is 43.8 Å². The van der Waals surface area contributed by atoms with E-state index in [0.717, 1.165) is 17.5 Å². The molecule has 0 saturated heterocycles. The lowest BCUT2D eigenvalue weighted by Crippen LogP contribution is -2.18. The number of fused-ring (bicyclic) bond motifs is 1. The van der Waals surface area contributed by atoms with Crippen molar-refractivity contribution in [2.24, 2.45) is 5.92 Å². The minimum Gasteiger partial charge on any atom is -0.295 e. The highest BCUT2D eigenvalue weighted by Gasteiger charge is 2.22. The summed E-state index contributed by atoms with van der Waals surface area (Å²) in [4.78, 5) is 11.9. The third-order valence-electron chi connectivity index (χ3n) is 3.46. The lowest BCUT2D eigenvalue weighted by Gasteiger charge is -2.09. The average Bonchev–Trinajstić information content (AvgIpc) is 2.97. The molecule has 0 aromatic carbocycles.